The van der Waals surface area contributed by atoms with Crippen LogP contribution in [0.1, 0.15) is 15.6 Å². The summed E-state index contributed by atoms with van der Waals surface area (Å²) in [5.41, 5.74) is 0. The maximum absolute atomic E-state index is 11.6. The van der Waals surface area contributed by atoms with Crippen LogP contribution in [0.5, 0.6) is 0 Å². The number of hydrogen-bond acceptors (Lipinski definition) is 4. The van der Waals surface area contributed by atoms with Crippen LogP contribution in [0, 0.1) is 0 Å². The van der Waals surface area contributed by atoms with E-state index in [1.807, 2.05) is 5.38 Å². The average Bonchev–Trinajstić information content (AvgIpc) is 2.75. The van der Waals surface area contributed by atoms with E-state index in [-0.39, 0.29) is 5.78 Å². The number of Topliss-reactive ketones (excluding diaryl/α,β-unsaturated/α-hetero) is 1. The molecule has 2 aromatic heterocycles. The third-order valence-electron chi connectivity index (χ3n) is 1.64. The average molecular weight is 272 g/mol. The largest absolute Gasteiger partial charge is 0.446 e. The van der Waals surface area contributed by atoms with Crippen LogP contribution in [0.4, 0.5) is 0 Å². The Hall–Kier alpha value is -0.940. The highest BCUT2D eigenvalue weighted by molar-refractivity contribution is 9.10. The van der Waals surface area contributed by atoms with Gasteiger partial charge in [0, 0.05) is 11.6 Å². The van der Waals surface area contributed by atoms with Crippen molar-refractivity contribution in [2.75, 3.05) is 0 Å². The molecular formula is C9H6BrNO2S. The fourth-order valence-corrected chi connectivity index (χ4v) is 1.95. The summed E-state index contributed by atoms with van der Waals surface area (Å²) in [4.78, 5) is 15.6. The molecule has 0 aliphatic carbocycles. The number of carbonyl (C=O) groups excluding carboxylic acids is 1. The fourth-order valence-electron chi connectivity index (χ4n) is 1.03. The van der Waals surface area contributed by atoms with Crippen LogP contribution < -0.4 is 0 Å². The van der Waals surface area contributed by atoms with Gasteiger partial charge in [-0.25, -0.2) is 4.98 Å². The minimum atomic E-state index is -0.0503. The van der Waals surface area contributed by atoms with Crippen LogP contribution in [0.25, 0.3) is 0 Å². The van der Waals surface area contributed by atoms with E-state index in [2.05, 4.69) is 20.9 Å². The van der Waals surface area contributed by atoms with Gasteiger partial charge in [0.15, 0.2) is 10.4 Å². The maximum atomic E-state index is 11.6. The van der Waals surface area contributed by atoms with Crippen molar-refractivity contribution in [2.45, 2.75) is 6.42 Å². The van der Waals surface area contributed by atoms with Crippen LogP contribution in [0.3, 0.4) is 0 Å². The Morgan fingerprint density at radius 2 is 2.43 bits per heavy atom. The summed E-state index contributed by atoms with van der Waals surface area (Å²) < 4.78 is 5.71. The van der Waals surface area contributed by atoms with Crippen molar-refractivity contribution < 1.29 is 9.21 Å². The number of ketones is 1. The Labute approximate surface area is 92.9 Å². The van der Waals surface area contributed by atoms with Crippen molar-refractivity contribution in [3.63, 3.8) is 0 Å². The highest BCUT2D eigenvalue weighted by Crippen LogP contribution is 2.16. The van der Waals surface area contributed by atoms with Crippen molar-refractivity contribution in [3.05, 3.63) is 39.1 Å². The molecule has 2 heterocycles. The molecule has 0 amide bonds. The van der Waals surface area contributed by atoms with Crippen LogP contribution in [0.2, 0.25) is 0 Å². The number of hydrogen-bond donors (Lipinski definition) is 0. The molecule has 0 fully saturated rings. The number of furan rings is 1. The predicted molar refractivity (Wildman–Crippen MR) is 56.6 cm³/mol. The van der Waals surface area contributed by atoms with Crippen LogP contribution in [-0.4, -0.2) is 10.8 Å². The lowest BCUT2D eigenvalue weighted by Crippen LogP contribution is -2.01. The molecule has 0 aliphatic heterocycles. The molecule has 0 atom stereocenters. The molecule has 2 rings (SSSR count). The summed E-state index contributed by atoms with van der Waals surface area (Å²) in [5, 5.41) is 2.66. The minimum absolute atomic E-state index is 0.0503. The quantitative estimate of drug-likeness (QED) is 0.807. The fraction of sp³-hybridized carbons (Fsp3) is 0.111. The van der Waals surface area contributed by atoms with Crippen molar-refractivity contribution in [1.82, 2.24) is 4.98 Å². The SMILES string of the molecule is O=C(Cc1nccs1)c1ccc(Br)o1. The van der Waals surface area contributed by atoms with E-state index in [1.54, 1.807) is 18.3 Å². The molecule has 14 heavy (non-hydrogen) atoms. The number of halogens is 1. The van der Waals surface area contributed by atoms with Gasteiger partial charge in [0.25, 0.3) is 0 Å². The summed E-state index contributed by atoms with van der Waals surface area (Å²) in [6.07, 6.45) is 1.99. The van der Waals surface area contributed by atoms with Crippen molar-refractivity contribution in [3.8, 4) is 0 Å². The first-order chi connectivity index (χ1) is 6.75. The molecule has 0 bridgehead atoms. The molecule has 0 spiro atoms. The van der Waals surface area contributed by atoms with Crippen molar-refractivity contribution in [2.24, 2.45) is 0 Å². The first-order valence-corrected chi connectivity index (χ1v) is 5.60. The molecule has 0 saturated heterocycles. The van der Waals surface area contributed by atoms with Gasteiger partial charge in [-0.15, -0.1) is 11.3 Å². The highest BCUT2D eigenvalue weighted by Gasteiger charge is 2.12. The monoisotopic (exact) mass is 271 g/mol. The highest BCUT2D eigenvalue weighted by atomic mass is 79.9. The lowest BCUT2D eigenvalue weighted by molar-refractivity contribution is 0.0965. The molecule has 0 unspecified atom stereocenters. The molecule has 0 aliphatic rings. The van der Waals surface area contributed by atoms with Gasteiger partial charge in [-0.2, -0.15) is 0 Å². The van der Waals surface area contributed by atoms with Crippen molar-refractivity contribution in [1.29, 1.82) is 0 Å². The molecule has 0 saturated carbocycles. The van der Waals surface area contributed by atoms with Crippen LogP contribution >= 0.6 is 27.3 Å². The second-order valence-electron chi connectivity index (χ2n) is 2.63. The first-order valence-electron chi connectivity index (χ1n) is 3.92. The van der Waals surface area contributed by atoms with E-state index in [0.717, 1.165) is 5.01 Å². The van der Waals surface area contributed by atoms with E-state index in [9.17, 15) is 4.79 Å². The molecule has 3 nitrogen and oxygen atoms in total. The van der Waals surface area contributed by atoms with Gasteiger partial charge in [0.05, 0.1) is 6.42 Å². The summed E-state index contributed by atoms with van der Waals surface area (Å²) in [5.74, 6) is 0.317. The van der Waals surface area contributed by atoms with Gasteiger partial charge >= 0.3 is 0 Å². The van der Waals surface area contributed by atoms with Crippen LogP contribution in [0.15, 0.2) is 32.8 Å². The topological polar surface area (TPSA) is 43.1 Å². The second-order valence-corrected chi connectivity index (χ2v) is 4.39. The number of aromatic nitrogens is 1. The zero-order valence-electron chi connectivity index (χ0n) is 7.07. The molecule has 72 valence electrons. The number of nitrogens with zero attached hydrogens (tertiary/aromatic N) is 1. The van der Waals surface area contributed by atoms with Gasteiger partial charge in [-0.05, 0) is 28.1 Å². The Morgan fingerprint density at radius 3 is 3.00 bits per heavy atom. The number of thiazole rings is 1. The summed E-state index contributed by atoms with van der Waals surface area (Å²) in [7, 11) is 0. The number of carbonyl (C=O) groups is 1. The molecule has 5 heteroatoms. The van der Waals surface area contributed by atoms with E-state index in [4.69, 9.17) is 4.42 Å². The Bertz CT molecular complexity index is 435. The van der Waals surface area contributed by atoms with Gasteiger partial charge in [-0.1, -0.05) is 0 Å². The lowest BCUT2D eigenvalue weighted by atomic mass is 10.2. The maximum Gasteiger partial charge on any atom is 0.204 e. The Kier molecular flexibility index (Phi) is 2.79. The molecular weight excluding hydrogens is 266 g/mol. The molecule has 0 aromatic carbocycles. The van der Waals surface area contributed by atoms with Crippen LogP contribution in [-0.2, 0) is 6.42 Å². The first kappa shape index (κ1) is 9.61. The Morgan fingerprint density at radius 1 is 1.57 bits per heavy atom. The summed E-state index contributed by atoms with van der Waals surface area (Å²) in [6, 6.07) is 3.36. The third kappa shape index (κ3) is 2.10. The predicted octanol–water partition coefficient (Wildman–Crippen LogP) is 2.92. The Balaban J connectivity index is 2.10. The van der Waals surface area contributed by atoms with Gasteiger partial charge in [-0.3, -0.25) is 4.79 Å². The summed E-state index contributed by atoms with van der Waals surface area (Å²) >= 11 is 4.61. The molecule has 0 N–H and O–H groups in total. The standard InChI is InChI=1S/C9H6BrNO2S/c10-8-2-1-7(13-8)6(12)5-9-11-3-4-14-9/h1-4H,5H2. The van der Waals surface area contributed by atoms with E-state index >= 15 is 0 Å². The van der Waals surface area contributed by atoms with E-state index in [0.29, 0.717) is 16.9 Å². The summed E-state index contributed by atoms with van der Waals surface area (Å²) in [6.45, 7) is 0. The lowest BCUT2D eigenvalue weighted by Gasteiger charge is -1.92. The minimum Gasteiger partial charge on any atom is -0.446 e. The van der Waals surface area contributed by atoms with E-state index < -0.39 is 0 Å². The zero-order valence-corrected chi connectivity index (χ0v) is 9.47. The third-order valence-corrected chi connectivity index (χ3v) is 2.85. The van der Waals surface area contributed by atoms with Gasteiger partial charge in [0.2, 0.25) is 5.78 Å². The van der Waals surface area contributed by atoms with Gasteiger partial charge < -0.3 is 4.42 Å². The number of rotatable bonds is 3. The normalized spacial score (nSPS) is 10.4. The van der Waals surface area contributed by atoms with Crippen molar-refractivity contribution >= 4 is 33.0 Å². The smallest absolute Gasteiger partial charge is 0.204 e. The van der Waals surface area contributed by atoms with E-state index in [1.165, 1.54) is 11.3 Å². The second kappa shape index (κ2) is 4.06. The molecule has 0 radical (unpaired) electrons. The van der Waals surface area contributed by atoms with Gasteiger partial charge in [0.1, 0.15) is 5.01 Å². The zero-order chi connectivity index (χ0) is 9.97. The molecule has 2 aromatic rings.